The fourth-order valence-corrected chi connectivity index (χ4v) is 2.27. The molecule has 1 atom stereocenters. The van der Waals surface area contributed by atoms with Crippen LogP contribution < -0.4 is 5.32 Å². The number of amides is 2. The average Bonchev–Trinajstić information content (AvgIpc) is 2.30. The lowest BCUT2D eigenvalue weighted by Crippen LogP contribution is -2.55. The standard InChI is InChI=1S/C11H11Cl2N3O2/c1-6-10(17)14-2-3-16(6)11(18)7-4-8(12)15-9(13)5-7/h4-6H,2-3H2,1H3,(H,14,17). The van der Waals surface area contributed by atoms with Gasteiger partial charge in [-0.2, -0.15) is 0 Å². The maximum atomic E-state index is 12.3. The van der Waals surface area contributed by atoms with E-state index in [1.165, 1.54) is 17.0 Å². The molecule has 0 radical (unpaired) electrons. The molecule has 96 valence electrons. The predicted octanol–water partition coefficient (Wildman–Crippen LogP) is 1.35. The van der Waals surface area contributed by atoms with Crippen molar-refractivity contribution in [3.05, 3.63) is 28.0 Å². The molecule has 1 unspecified atom stereocenters. The Bertz CT molecular complexity index is 487. The Morgan fingerprint density at radius 3 is 2.67 bits per heavy atom. The van der Waals surface area contributed by atoms with Crippen molar-refractivity contribution in [3.8, 4) is 0 Å². The molecule has 1 saturated heterocycles. The first-order chi connectivity index (χ1) is 8.49. The highest BCUT2D eigenvalue weighted by Gasteiger charge is 2.30. The van der Waals surface area contributed by atoms with E-state index in [-0.39, 0.29) is 22.1 Å². The number of hydrogen-bond donors (Lipinski definition) is 1. The second-order valence-electron chi connectivity index (χ2n) is 3.97. The van der Waals surface area contributed by atoms with Gasteiger partial charge in [-0.1, -0.05) is 23.2 Å². The molecule has 1 fully saturated rings. The van der Waals surface area contributed by atoms with Crippen LogP contribution in [0.3, 0.4) is 0 Å². The van der Waals surface area contributed by atoms with E-state index in [0.717, 1.165) is 0 Å². The normalized spacial score (nSPS) is 19.6. The largest absolute Gasteiger partial charge is 0.353 e. The summed E-state index contributed by atoms with van der Waals surface area (Å²) in [7, 11) is 0. The van der Waals surface area contributed by atoms with E-state index in [1.54, 1.807) is 6.92 Å². The summed E-state index contributed by atoms with van der Waals surface area (Å²) in [4.78, 5) is 29.0. The van der Waals surface area contributed by atoms with E-state index in [4.69, 9.17) is 23.2 Å². The molecular formula is C11H11Cl2N3O2. The van der Waals surface area contributed by atoms with Crippen LogP contribution in [-0.2, 0) is 4.79 Å². The molecule has 2 rings (SSSR count). The van der Waals surface area contributed by atoms with Crippen LogP contribution in [0, 0.1) is 0 Å². The van der Waals surface area contributed by atoms with E-state index in [9.17, 15) is 9.59 Å². The second-order valence-corrected chi connectivity index (χ2v) is 4.74. The number of nitrogens with zero attached hydrogens (tertiary/aromatic N) is 2. The van der Waals surface area contributed by atoms with Crippen LogP contribution in [-0.4, -0.2) is 40.8 Å². The first-order valence-electron chi connectivity index (χ1n) is 5.41. The summed E-state index contributed by atoms with van der Waals surface area (Å²) in [5.41, 5.74) is 0.335. The van der Waals surface area contributed by atoms with Gasteiger partial charge < -0.3 is 10.2 Å². The van der Waals surface area contributed by atoms with Crippen molar-refractivity contribution in [3.63, 3.8) is 0 Å². The highest BCUT2D eigenvalue weighted by molar-refractivity contribution is 6.33. The Balaban J connectivity index is 2.27. The van der Waals surface area contributed by atoms with Gasteiger partial charge >= 0.3 is 0 Å². The van der Waals surface area contributed by atoms with Crippen LogP contribution in [0.4, 0.5) is 0 Å². The van der Waals surface area contributed by atoms with Crippen molar-refractivity contribution in [1.82, 2.24) is 15.2 Å². The third-order valence-corrected chi connectivity index (χ3v) is 3.16. The molecule has 7 heteroatoms. The lowest BCUT2D eigenvalue weighted by atomic mass is 10.1. The Kier molecular flexibility index (Phi) is 3.73. The molecule has 0 aromatic carbocycles. The molecule has 1 aromatic heterocycles. The van der Waals surface area contributed by atoms with Crippen molar-refractivity contribution >= 4 is 35.0 Å². The number of aromatic nitrogens is 1. The summed E-state index contributed by atoms with van der Waals surface area (Å²) in [5.74, 6) is -0.440. The van der Waals surface area contributed by atoms with Crippen molar-refractivity contribution in [2.75, 3.05) is 13.1 Å². The summed E-state index contributed by atoms with van der Waals surface area (Å²) in [6.45, 7) is 2.58. The van der Waals surface area contributed by atoms with Gasteiger partial charge in [0.25, 0.3) is 5.91 Å². The molecular weight excluding hydrogens is 277 g/mol. The molecule has 0 aliphatic carbocycles. The van der Waals surface area contributed by atoms with E-state index < -0.39 is 6.04 Å². The van der Waals surface area contributed by atoms with Gasteiger partial charge in [-0.15, -0.1) is 0 Å². The van der Waals surface area contributed by atoms with Crippen molar-refractivity contribution in [2.45, 2.75) is 13.0 Å². The van der Waals surface area contributed by atoms with E-state index in [0.29, 0.717) is 18.7 Å². The average molecular weight is 288 g/mol. The fraction of sp³-hybridized carbons (Fsp3) is 0.364. The number of halogens is 2. The van der Waals surface area contributed by atoms with Gasteiger partial charge in [0.15, 0.2) is 0 Å². The Hall–Kier alpha value is -1.33. The summed E-state index contributed by atoms with van der Waals surface area (Å²) < 4.78 is 0. The van der Waals surface area contributed by atoms with Crippen molar-refractivity contribution < 1.29 is 9.59 Å². The molecule has 18 heavy (non-hydrogen) atoms. The molecule has 0 bridgehead atoms. The minimum atomic E-state index is -0.503. The minimum Gasteiger partial charge on any atom is -0.353 e. The molecule has 0 saturated carbocycles. The van der Waals surface area contributed by atoms with Crippen LogP contribution in [0.2, 0.25) is 10.3 Å². The van der Waals surface area contributed by atoms with Crippen LogP contribution in [0.25, 0.3) is 0 Å². The second kappa shape index (κ2) is 5.12. The highest BCUT2D eigenvalue weighted by atomic mass is 35.5. The van der Waals surface area contributed by atoms with Gasteiger partial charge in [-0.3, -0.25) is 9.59 Å². The van der Waals surface area contributed by atoms with Gasteiger partial charge in [-0.25, -0.2) is 4.98 Å². The van der Waals surface area contributed by atoms with Gasteiger partial charge in [0.2, 0.25) is 5.91 Å². The summed E-state index contributed by atoms with van der Waals surface area (Å²) in [6.07, 6.45) is 0. The maximum Gasteiger partial charge on any atom is 0.254 e. The minimum absolute atomic E-state index is 0.153. The van der Waals surface area contributed by atoms with Crippen LogP contribution in [0.1, 0.15) is 17.3 Å². The molecule has 1 aliphatic rings. The number of carbonyl (C=O) groups is 2. The number of hydrogen-bond acceptors (Lipinski definition) is 3. The summed E-state index contributed by atoms with van der Waals surface area (Å²) in [6, 6.07) is 2.38. The molecule has 2 amide bonds. The maximum absolute atomic E-state index is 12.3. The van der Waals surface area contributed by atoms with Crippen molar-refractivity contribution in [2.24, 2.45) is 0 Å². The Morgan fingerprint density at radius 1 is 1.44 bits per heavy atom. The highest BCUT2D eigenvalue weighted by Crippen LogP contribution is 2.18. The van der Waals surface area contributed by atoms with Crippen LogP contribution >= 0.6 is 23.2 Å². The lowest BCUT2D eigenvalue weighted by molar-refractivity contribution is -0.127. The predicted molar refractivity (Wildman–Crippen MR) is 67.8 cm³/mol. The first-order valence-corrected chi connectivity index (χ1v) is 6.16. The first kappa shape index (κ1) is 13.1. The topological polar surface area (TPSA) is 62.3 Å². The number of rotatable bonds is 1. The zero-order valence-corrected chi connectivity index (χ0v) is 11.1. The number of carbonyl (C=O) groups excluding carboxylic acids is 2. The van der Waals surface area contributed by atoms with E-state index >= 15 is 0 Å². The Morgan fingerprint density at radius 2 is 2.06 bits per heavy atom. The molecule has 1 N–H and O–H groups in total. The van der Waals surface area contributed by atoms with Crippen molar-refractivity contribution in [1.29, 1.82) is 0 Å². The van der Waals surface area contributed by atoms with Crippen LogP contribution in [0.5, 0.6) is 0 Å². The monoisotopic (exact) mass is 287 g/mol. The summed E-state index contributed by atoms with van der Waals surface area (Å²) in [5, 5.41) is 3.00. The van der Waals surface area contributed by atoms with Gasteiger partial charge in [0.1, 0.15) is 16.3 Å². The molecule has 2 heterocycles. The van der Waals surface area contributed by atoms with Gasteiger partial charge in [0.05, 0.1) is 0 Å². The van der Waals surface area contributed by atoms with Gasteiger partial charge in [-0.05, 0) is 19.1 Å². The number of nitrogens with one attached hydrogen (secondary N) is 1. The molecule has 5 nitrogen and oxygen atoms in total. The molecule has 0 spiro atoms. The quantitative estimate of drug-likeness (QED) is 0.793. The lowest BCUT2D eigenvalue weighted by Gasteiger charge is -2.32. The zero-order chi connectivity index (χ0) is 13.3. The number of piperazine rings is 1. The Labute approximate surface area is 114 Å². The third kappa shape index (κ3) is 2.57. The SMILES string of the molecule is CC1C(=O)NCCN1C(=O)c1cc(Cl)nc(Cl)c1. The van der Waals surface area contributed by atoms with Crippen LogP contribution in [0.15, 0.2) is 12.1 Å². The third-order valence-electron chi connectivity index (χ3n) is 2.77. The van der Waals surface area contributed by atoms with E-state index in [1.807, 2.05) is 0 Å². The van der Waals surface area contributed by atoms with E-state index in [2.05, 4.69) is 10.3 Å². The molecule has 1 aromatic rings. The summed E-state index contributed by atoms with van der Waals surface area (Å²) >= 11 is 11.5. The smallest absolute Gasteiger partial charge is 0.254 e. The fourth-order valence-electron chi connectivity index (χ4n) is 1.81. The molecule has 1 aliphatic heterocycles. The number of pyridine rings is 1. The van der Waals surface area contributed by atoms with Gasteiger partial charge in [0, 0.05) is 18.7 Å². The zero-order valence-electron chi connectivity index (χ0n) is 9.61.